The summed E-state index contributed by atoms with van der Waals surface area (Å²) in [7, 11) is 0. The first kappa shape index (κ1) is 13.8. The standard InChI is InChI=1S/C15H23NOS/c1-2-13-7-8-14(18-13)9-15(17)12-5-3-11(10-16)4-6-12/h7-8,11-12H,2-6,9-10,16H2,1H3. The van der Waals surface area contributed by atoms with Gasteiger partial charge in [0.25, 0.3) is 0 Å². The molecule has 0 atom stereocenters. The van der Waals surface area contributed by atoms with Crippen LogP contribution in [0, 0.1) is 11.8 Å². The fourth-order valence-electron chi connectivity index (χ4n) is 2.74. The van der Waals surface area contributed by atoms with Gasteiger partial charge in [0.05, 0.1) is 0 Å². The lowest BCUT2D eigenvalue weighted by Gasteiger charge is -2.26. The number of hydrogen-bond donors (Lipinski definition) is 1. The SMILES string of the molecule is CCc1ccc(CC(=O)C2CCC(CN)CC2)s1. The van der Waals surface area contributed by atoms with Crippen molar-refractivity contribution in [1.82, 2.24) is 0 Å². The highest BCUT2D eigenvalue weighted by atomic mass is 32.1. The van der Waals surface area contributed by atoms with Crippen molar-refractivity contribution >= 4 is 17.1 Å². The van der Waals surface area contributed by atoms with E-state index >= 15 is 0 Å². The molecule has 1 aliphatic rings. The van der Waals surface area contributed by atoms with Gasteiger partial charge >= 0.3 is 0 Å². The van der Waals surface area contributed by atoms with Gasteiger partial charge in [-0.05, 0) is 56.7 Å². The van der Waals surface area contributed by atoms with E-state index in [4.69, 9.17) is 5.73 Å². The van der Waals surface area contributed by atoms with Crippen molar-refractivity contribution in [2.45, 2.75) is 45.4 Å². The minimum Gasteiger partial charge on any atom is -0.330 e. The third kappa shape index (κ3) is 3.42. The summed E-state index contributed by atoms with van der Waals surface area (Å²) in [5, 5.41) is 0. The van der Waals surface area contributed by atoms with Gasteiger partial charge in [-0.2, -0.15) is 0 Å². The Balaban J connectivity index is 1.85. The van der Waals surface area contributed by atoms with Gasteiger partial charge < -0.3 is 5.73 Å². The van der Waals surface area contributed by atoms with Gasteiger partial charge in [0.1, 0.15) is 5.78 Å². The molecule has 0 unspecified atom stereocenters. The van der Waals surface area contributed by atoms with Crippen LogP contribution >= 0.6 is 11.3 Å². The summed E-state index contributed by atoms with van der Waals surface area (Å²) in [6.07, 6.45) is 6.08. The number of carbonyl (C=O) groups is 1. The molecule has 18 heavy (non-hydrogen) atoms. The fourth-order valence-corrected chi connectivity index (χ4v) is 3.71. The summed E-state index contributed by atoms with van der Waals surface area (Å²) in [6, 6.07) is 4.27. The Morgan fingerprint density at radius 3 is 2.50 bits per heavy atom. The zero-order chi connectivity index (χ0) is 13.0. The van der Waals surface area contributed by atoms with Gasteiger partial charge in [-0.1, -0.05) is 6.92 Å². The quantitative estimate of drug-likeness (QED) is 0.888. The van der Waals surface area contributed by atoms with Crippen LogP contribution in [0.2, 0.25) is 0 Å². The van der Waals surface area contributed by atoms with Crippen molar-refractivity contribution in [2.24, 2.45) is 17.6 Å². The molecule has 0 spiro atoms. The monoisotopic (exact) mass is 265 g/mol. The zero-order valence-electron chi connectivity index (χ0n) is 11.2. The number of hydrogen-bond acceptors (Lipinski definition) is 3. The van der Waals surface area contributed by atoms with Crippen molar-refractivity contribution in [3.05, 3.63) is 21.9 Å². The minimum absolute atomic E-state index is 0.292. The molecular formula is C15H23NOS. The van der Waals surface area contributed by atoms with Gasteiger partial charge in [0.2, 0.25) is 0 Å². The van der Waals surface area contributed by atoms with Crippen molar-refractivity contribution in [2.75, 3.05) is 6.54 Å². The molecule has 1 aromatic heterocycles. The summed E-state index contributed by atoms with van der Waals surface area (Å²) in [4.78, 5) is 14.8. The Kier molecular flexibility index (Phi) is 4.95. The number of ketones is 1. The first-order chi connectivity index (χ1) is 8.72. The average molecular weight is 265 g/mol. The number of nitrogens with two attached hydrogens (primary N) is 1. The maximum absolute atomic E-state index is 12.2. The molecule has 2 nitrogen and oxygen atoms in total. The smallest absolute Gasteiger partial charge is 0.141 e. The van der Waals surface area contributed by atoms with Crippen LogP contribution in [-0.4, -0.2) is 12.3 Å². The third-order valence-electron chi connectivity index (χ3n) is 4.05. The number of rotatable bonds is 5. The van der Waals surface area contributed by atoms with E-state index in [-0.39, 0.29) is 0 Å². The summed E-state index contributed by atoms with van der Waals surface area (Å²) in [5.74, 6) is 1.39. The number of thiophene rings is 1. The van der Waals surface area contributed by atoms with Gasteiger partial charge in [0, 0.05) is 22.1 Å². The molecule has 0 bridgehead atoms. The lowest BCUT2D eigenvalue weighted by molar-refractivity contribution is -0.123. The molecule has 3 heteroatoms. The topological polar surface area (TPSA) is 43.1 Å². The average Bonchev–Trinajstić information content (AvgIpc) is 2.86. The molecule has 0 saturated heterocycles. The van der Waals surface area contributed by atoms with Crippen molar-refractivity contribution < 1.29 is 4.79 Å². The second-order valence-electron chi connectivity index (χ2n) is 5.32. The maximum Gasteiger partial charge on any atom is 0.141 e. The Bertz CT molecular complexity index is 391. The highest BCUT2D eigenvalue weighted by molar-refractivity contribution is 7.12. The molecule has 2 N–H and O–H groups in total. The van der Waals surface area contributed by atoms with E-state index in [1.807, 2.05) is 0 Å². The molecular weight excluding hydrogens is 242 g/mol. The van der Waals surface area contributed by atoms with E-state index < -0.39 is 0 Å². The predicted octanol–water partition coefficient (Wildman–Crippen LogP) is 3.19. The van der Waals surface area contributed by atoms with E-state index in [0.29, 0.717) is 24.0 Å². The Labute approximate surface area is 114 Å². The van der Waals surface area contributed by atoms with Crippen LogP contribution in [0.15, 0.2) is 12.1 Å². The molecule has 100 valence electrons. The molecule has 1 heterocycles. The number of Topliss-reactive ketones (excluding diaryl/α,β-unsaturated/α-hetero) is 1. The zero-order valence-corrected chi connectivity index (χ0v) is 12.0. The van der Waals surface area contributed by atoms with E-state index in [1.165, 1.54) is 9.75 Å². The van der Waals surface area contributed by atoms with E-state index in [1.54, 1.807) is 11.3 Å². The summed E-state index contributed by atoms with van der Waals surface area (Å²) in [5.41, 5.74) is 5.68. The lowest BCUT2D eigenvalue weighted by atomic mass is 9.79. The van der Waals surface area contributed by atoms with Crippen LogP contribution in [0.5, 0.6) is 0 Å². The summed E-state index contributed by atoms with van der Waals surface area (Å²) >= 11 is 1.79. The highest BCUT2D eigenvalue weighted by Crippen LogP contribution is 2.30. The van der Waals surface area contributed by atoms with Gasteiger partial charge in [-0.15, -0.1) is 11.3 Å². The molecule has 2 rings (SSSR count). The largest absolute Gasteiger partial charge is 0.330 e. The molecule has 1 aliphatic carbocycles. The Morgan fingerprint density at radius 2 is 1.94 bits per heavy atom. The van der Waals surface area contributed by atoms with E-state index in [2.05, 4.69) is 19.1 Å². The molecule has 0 aliphatic heterocycles. The predicted molar refractivity (Wildman–Crippen MR) is 76.9 cm³/mol. The van der Waals surface area contributed by atoms with Gasteiger partial charge in [0.15, 0.2) is 0 Å². The first-order valence-electron chi connectivity index (χ1n) is 7.03. The first-order valence-corrected chi connectivity index (χ1v) is 7.85. The van der Waals surface area contributed by atoms with Crippen molar-refractivity contribution in [3.63, 3.8) is 0 Å². The van der Waals surface area contributed by atoms with Crippen molar-refractivity contribution in [3.8, 4) is 0 Å². The molecule has 1 fully saturated rings. The molecule has 0 amide bonds. The Morgan fingerprint density at radius 1 is 1.28 bits per heavy atom. The number of aryl methyl sites for hydroxylation is 1. The van der Waals surface area contributed by atoms with Crippen LogP contribution < -0.4 is 5.73 Å². The van der Waals surface area contributed by atoms with Gasteiger partial charge in [-0.3, -0.25) is 4.79 Å². The van der Waals surface area contributed by atoms with Crippen molar-refractivity contribution in [1.29, 1.82) is 0 Å². The maximum atomic E-state index is 12.2. The van der Waals surface area contributed by atoms with Crippen LogP contribution in [0.3, 0.4) is 0 Å². The van der Waals surface area contributed by atoms with Crippen LogP contribution in [0.25, 0.3) is 0 Å². The Hall–Kier alpha value is -0.670. The second-order valence-corrected chi connectivity index (χ2v) is 6.57. The molecule has 1 saturated carbocycles. The van der Waals surface area contributed by atoms with E-state index in [0.717, 1.165) is 38.6 Å². The third-order valence-corrected chi connectivity index (χ3v) is 5.28. The molecule has 0 radical (unpaired) electrons. The number of carbonyl (C=O) groups excluding carboxylic acids is 1. The summed E-state index contributed by atoms with van der Waals surface area (Å²) in [6.45, 7) is 2.94. The fraction of sp³-hybridized carbons (Fsp3) is 0.667. The molecule has 0 aromatic carbocycles. The highest BCUT2D eigenvalue weighted by Gasteiger charge is 2.25. The van der Waals surface area contributed by atoms with Gasteiger partial charge in [-0.25, -0.2) is 0 Å². The minimum atomic E-state index is 0.292. The van der Waals surface area contributed by atoms with Crippen LogP contribution in [0.4, 0.5) is 0 Å². The van der Waals surface area contributed by atoms with E-state index in [9.17, 15) is 4.79 Å². The van der Waals surface area contributed by atoms with Crippen LogP contribution in [-0.2, 0) is 17.6 Å². The normalized spacial score (nSPS) is 24.1. The van der Waals surface area contributed by atoms with Crippen LogP contribution in [0.1, 0.15) is 42.4 Å². The molecule has 1 aromatic rings. The second kappa shape index (κ2) is 6.48. The summed E-state index contributed by atoms with van der Waals surface area (Å²) < 4.78 is 0. The lowest BCUT2D eigenvalue weighted by Crippen LogP contribution is -2.26.